The summed E-state index contributed by atoms with van der Waals surface area (Å²) in [7, 11) is -4.50. The highest BCUT2D eigenvalue weighted by Gasteiger charge is 2.22. The molecule has 0 aliphatic rings. The summed E-state index contributed by atoms with van der Waals surface area (Å²) in [5.74, 6) is -3.41. The molecule has 0 saturated carbocycles. The molecule has 7 heteroatoms. The number of nitrogens with one attached hydrogen (secondary N) is 1. The van der Waals surface area contributed by atoms with Crippen molar-refractivity contribution in [3.8, 4) is 0 Å². The lowest BCUT2D eigenvalue weighted by Gasteiger charge is -2.08. The zero-order chi connectivity index (χ0) is 10.5. The molecule has 1 atom stereocenters. The van der Waals surface area contributed by atoms with Crippen LogP contribution in [0.1, 0.15) is 19.8 Å². The van der Waals surface area contributed by atoms with Gasteiger partial charge in [-0.3, -0.25) is 0 Å². The normalized spacial score (nSPS) is 14.8. The van der Waals surface area contributed by atoms with Gasteiger partial charge in [0.2, 0.25) is 0 Å². The Balaban J connectivity index is 3.78. The summed E-state index contributed by atoms with van der Waals surface area (Å²) in [6, 6.07) is 0. The van der Waals surface area contributed by atoms with Gasteiger partial charge >= 0.3 is 5.76 Å². The SMILES string of the molecule is CCC(O)CCNS(=O)(=O)C(F)F. The molecule has 0 aromatic carbocycles. The monoisotopic (exact) mass is 217 g/mol. The topological polar surface area (TPSA) is 66.4 Å². The van der Waals surface area contributed by atoms with Gasteiger partial charge in [0.15, 0.2) is 0 Å². The molecule has 4 nitrogen and oxygen atoms in total. The minimum atomic E-state index is -4.50. The number of aliphatic hydroxyl groups is 1. The molecule has 1 unspecified atom stereocenters. The molecule has 0 fully saturated rings. The summed E-state index contributed by atoms with van der Waals surface area (Å²) in [6.45, 7) is 1.55. The van der Waals surface area contributed by atoms with Crippen LogP contribution in [0.2, 0.25) is 0 Å². The van der Waals surface area contributed by atoms with Crippen molar-refractivity contribution in [3.63, 3.8) is 0 Å². The summed E-state index contributed by atoms with van der Waals surface area (Å²) in [6.07, 6.45) is -0.0425. The first-order chi connectivity index (χ1) is 5.90. The highest BCUT2D eigenvalue weighted by Crippen LogP contribution is 2.02. The molecule has 0 aromatic heterocycles. The van der Waals surface area contributed by atoms with Crippen LogP contribution >= 0.6 is 0 Å². The molecule has 0 rings (SSSR count). The van der Waals surface area contributed by atoms with E-state index in [1.807, 2.05) is 0 Å². The number of hydrogen-bond acceptors (Lipinski definition) is 3. The average Bonchev–Trinajstić information content (AvgIpc) is 2.03. The molecule has 0 aliphatic heterocycles. The van der Waals surface area contributed by atoms with E-state index in [-0.39, 0.29) is 13.0 Å². The Morgan fingerprint density at radius 3 is 2.38 bits per heavy atom. The number of rotatable bonds is 6. The van der Waals surface area contributed by atoms with Crippen molar-refractivity contribution in [1.29, 1.82) is 0 Å². The second kappa shape index (κ2) is 5.46. The summed E-state index contributed by atoms with van der Waals surface area (Å²) in [4.78, 5) is 0. The molecular weight excluding hydrogens is 204 g/mol. The van der Waals surface area contributed by atoms with E-state index in [1.165, 1.54) is 0 Å². The molecular formula is C6H13F2NO3S. The lowest BCUT2D eigenvalue weighted by molar-refractivity contribution is 0.161. The molecule has 2 N–H and O–H groups in total. The van der Waals surface area contributed by atoms with Gasteiger partial charge in [0.1, 0.15) is 0 Å². The predicted octanol–water partition coefficient (Wildman–Crippen LogP) is 0.289. The molecule has 0 saturated heterocycles. The fourth-order valence-electron chi connectivity index (χ4n) is 0.635. The third-order valence-electron chi connectivity index (χ3n) is 1.49. The minimum absolute atomic E-state index is 0.141. The first kappa shape index (κ1) is 12.7. The van der Waals surface area contributed by atoms with Crippen molar-refractivity contribution in [3.05, 3.63) is 0 Å². The molecule has 0 aromatic rings. The Kier molecular flexibility index (Phi) is 5.34. The molecule has 0 radical (unpaired) electrons. The van der Waals surface area contributed by atoms with Gasteiger partial charge in [-0.2, -0.15) is 8.78 Å². The van der Waals surface area contributed by atoms with Crippen molar-refractivity contribution in [2.45, 2.75) is 31.6 Å². The Morgan fingerprint density at radius 2 is 2.00 bits per heavy atom. The fraction of sp³-hybridized carbons (Fsp3) is 1.00. The van der Waals surface area contributed by atoms with Gasteiger partial charge in [0, 0.05) is 6.54 Å². The predicted molar refractivity (Wildman–Crippen MR) is 43.8 cm³/mol. The lowest BCUT2D eigenvalue weighted by atomic mass is 10.2. The van der Waals surface area contributed by atoms with Crippen LogP contribution in [0.3, 0.4) is 0 Å². The van der Waals surface area contributed by atoms with E-state index in [2.05, 4.69) is 0 Å². The zero-order valence-electron chi connectivity index (χ0n) is 7.20. The standard InChI is InChI=1S/C6H13F2NO3S/c1-2-5(10)3-4-9-13(11,12)6(7)8/h5-6,9-10H,2-4H2,1H3. The summed E-state index contributed by atoms with van der Waals surface area (Å²) in [5.41, 5.74) is 0. The van der Waals surface area contributed by atoms with E-state index in [1.54, 1.807) is 11.6 Å². The van der Waals surface area contributed by atoms with Crippen LogP contribution in [0, 0.1) is 0 Å². The molecule has 0 heterocycles. The Morgan fingerprint density at radius 1 is 1.46 bits per heavy atom. The summed E-state index contributed by atoms with van der Waals surface area (Å²) >= 11 is 0. The molecule has 13 heavy (non-hydrogen) atoms. The number of sulfonamides is 1. The van der Waals surface area contributed by atoms with E-state index in [0.29, 0.717) is 6.42 Å². The van der Waals surface area contributed by atoms with Crippen LogP contribution in [-0.4, -0.2) is 31.9 Å². The van der Waals surface area contributed by atoms with Gasteiger partial charge < -0.3 is 5.11 Å². The van der Waals surface area contributed by atoms with Crippen LogP contribution < -0.4 is 4.72 Å². The van der Waals surface area contributed by atoms with Crippen molar-refractivity contribution >= 4 is 10.0 Å². The second-order valence-electron chi connectivity index (χ2n) is 2.55. The maximum Gasteiger partial charge on any atom is 0.350 e. The van der Waals surface area contributed by atoms with E-state index < -0.39 is 21.9 Å². The van der Waals surface area contributed by atoms with Gasteiger partial charge in [0.25, 0.3) is 10.0 Å². The van der Waals surface area contributed by atoms with Crippen molar-refractivity contribution < 1.29 is 22.3 Å². The molecule has 80 valence electrons. The first-order valence-corrected chi connectivity index (χ1v) is 5.39. The Hall–Kier alpha value is -0.270. The third-order valence-corrected chi connectivity index (χ3v) is 2.56. The van der Waals surface area contributed by atoms with Gasteiger partial charge in [-0.15, -0.1) is 0 Å². The van der Waals surface area contributed by atoms with Gasteiger partial charge in [0.05, 0.1) is 6.10 Å². The maximum atomic E-state index is 11.7. The smallest absolute Gasteiger partial charge is 0.350 e. The first-order valence-electron chi connectivity index (χ1n) is 3.84. The second-order valence-corrected chi connectivity index (χ2v) is 4.29. The lowest BCUT2D eigenvalue weighted by Crippen LogP contribution is -2.31. The van der Waals surface area contributed by atoms with Gasteiger partial charge in [-0.05, 0) is 12.8 Å². The number of aliphatic hydroxyl groups excluding tert-OH is 1. The highest BCUT2D eigenvalue weighted by molar-refractivity contribution is 7.89. The largest absolute Gasteiger partial charge is 0.393 e. The maximum absolute atomic E-state index is 11.7. The van der Waals surface area contributed by atoms with E-state index in [4.69, 9.17) is 5.11 Å². The van der Waals surface area contributed by atoms with E-state index >= 15 is 0 Å². The van der Waals surface area contributed by atoms with Gasteiger partial charge in [-0.25, -0.2) is 13.1 Å². The average molecular weight is 217 g/mol. The fourth-order valence-corrected chi connectivity index (χ4v) is 1.16. The van der Waals surface area contributed by atoms with Crippen LogP contribution in [0.15, 0.2) is 0 Å². The third kappa shape index (κ3) is 5.12. The van der Waals surface area contributed by atoms with Crippen molar-refractivity contribution in [2.24, 2.45) is 0 Å². The van der Waals surface area contributed by atoms with Crippen LogP contribution in [0.4, 0.5) is 8.78 Å². The molecule has 0 spiro atoms. The van der Waals surface area contributed by atoms with Crippen LogP contribution in [-0.2, 0) is 10.0 Å². The molecule has 0 bridgehead atoms. The minimum Gasteiger partial charge on any atom is -0.393 e. The number of halogens is 2. The van der Waals surface area contributed by atoms with E-state index in [9.17, 15) is 17.2 Å². The van der Waals surface area contributed by atoms with Crippen LogP contribution in [0.25, 0.3) is 0 Å². The molecule has 0 aliphatic carbocycles. The van der Waals surface area contributed by atoms with Crippen molar-refractivity contribution in [2.75, 3.05) is 6.54 Å². The Labute approximate surface area is 76.0 Å². The number of hydrogen-bond donors (Lipinski definition) is 2. The highest BCUT2D eigenvalue weighted by atomic mass is 32.2. The Bertz CT molecular complexity index is 230. The quantitative estimate of drug-likeness (QED) is 0.672. The van der Waals surface area contributed by atoms with Crippen molar-refractivity contribution in [1.82, 2.24) is 4.72 Å². The van der Waals surface area contributed by atoms with E-state index in [0.717, 1.165) is 0 Å². The summed E-state index contributed by atoms with van der Waals surface area (Å²) in [5, 5.41) is 8.97. The number of alkyl halides is 2. The van der Waals surface area contributed by atoms with Crippen LogP contribution in [0.5, 0.6) is 0 Å². The molecule has 0 amide bonds. The summed E-state index contributed by atoms with van der Waals surface area (Å²) < 4.78 is 46.0. The van der Waals surface area contributed by atoms with Gasteiger partial charge in [-0.1, -0.05) is 6.92 Å². The zero-order valence-corrected chi connectivity index (χ0v) is 8.02.